The Bertz CT molecular complexity index is 1110. The van der Waals surface area contributed by atoms with E-state index in [1.807, 2.05) is 25.7 Å². The van der Waals surface area contributed by atoms with Crippen LogP contribution in [0.5, 0.6) is 0 Å². The average Bonchev–Trinajstić information content (AvgIpc) is 2.79. The van der Waals surface area contributed by atoms with Crippen molar-refractivity contribution >= 4 is 46.8 Å². The molecule has 1 aliphatic heterocycles. The lowest BCUT2D eigenvalue weighted by Gasteiger charge is -2.41. The Balaban J connectivity index is 2.10. The number of benzene rings is 1. The molecule has 1 aromatic heterocycles. The van der Waals surface area contributed by atoms with Crippen LogP contribution in [-0.2, 0) is 4.79 Å². The zero-order valence-corrected chi connectivity index (χ0v) is 20.5. The van der Waals surface area contributed by atoms with Gasteiger partial charge < -0.3 is 10.0 Å². The van der Waals surface area contributed by atoms with E-state index in [2.05, 4.69) is 10.1 Å². The maximum absolute atomic E-state index is 15.3. The minimum atomic E-state index is -0.677. The number of amidine groups is 1. The van der Waals surface area contributed by atoms with Gasteiger partial charge in [0, 0.05) is 25.8 Å². The maximum atomic E-state index is 15.3. The smallest absolute Gasteiger partial charge is 0.262 e. The fraction of sp³-hybridized carbons (Fsp3) is 0.391. The van der Waals surface area contributed by atoms with E-state index in [4.69, 9.17) is 11.6 Å². The monoisotopic (exact) mass is 490 g/mol. The van der Waals surface area contributed by atoms with Crippen molar-refractivity contribution in [1.82, 2.24) is 9.88 Å². The molecule has 0 aliphatic carbocycles. The van der Waals surface area contributed by atoms with Crippen LogP contribution in [0.4, 0.5) is 21.5 Å². The van der Waals surface area contributed by atoms with Crippen LogP contribution < -0.4 is 14.8 Å². The number of rotatable bonds is 7. The number of aliphatic hydroxyl groups is 1. The number of carbonyl (C=O) groups excluding carboxylic acids is 2. The summed E-state index contributed by atoms with van der Waals surface area (Å²) in [5.41, 5.74) is 2.08. The SMILES string of the molecule is CCN(C=O)/C(CO)=N\N(C)c1cc2c(cc1F)C(=O)N(c1c(C)ccnc1Cl)CN2C(C)C. The first-order valence-electron chi connectivity index (χ1n) is 10.8. The fourth-order valence-electron chi connectivity index (χ4n) is 3.83. The molecule has 9 nitrogen and oxygen atoms in total. The number of nitrogens with zero attached hydrogens (tertiary/aromatic N) is 6. The number of hydrazone groups is 1. The number of carbonyl (C=O) groups is 2. The molecule has 0 radical (unpaired) electrons. The van der Waals surface area contributed by atoms with Crippen molar-refractivity contribution < 1.29 is 19.1 Å². The Labute approximate surface area is 203 Å². The fourth-order valence-corrected chi connectivity index (χ4v) is 4.13. The predicted octanol–water partition coefficient (Wildman–Crippen LogP) is 3.24. The van der Waals surface area contributed by atoms with E-state index in [-0.39, 0.29) is 35.0 Å². The number of halogens is 2. The summed E-state index contributed by atoms with van der Waals surface area (Å²) in [4.78, 5) is 33.5. The molecule has 0 bridgehead atoms. The van der Waals surface area contributed by atoms with Crippen LogP contribution >= 0.6 is 11.6 Å². The average molecular weight is 491 g/mol. The molecule has 11 heteroatoms. The molecule has 0 spiro atoms. The molecule has 0 atom stereocenters. The summed E-state index contributed by atoms with van der Waals surface area (Å²) >= 11 is 6.32. The normalized spacial score (nSPS) is 13.9. The Hall–Kier alpha value is -3.24. The molecular weight excluding hydrogens is 463 g/mol. The summed E-state index contributed by atoms with van der Waals surface area (Å²) in [6, 6.07) is 4.46. The highest BCUT2D eigenvalue weighted by atomic mass is 35.5. The highest BCUT2D eigenvalue weighted by Crippen LogP contribution is 2.38. The number of hydrogen-bond acceptors (Lipinski definition) is 7. The molecular formula is C23H28ClFN6O3. The third kappa shape index (κ3) is 4.69. The van der Waals surface area contributed by atoms with Gasteiger partial charge in [0.25, 0.3) is 5.91 Å². The Morgan fingerprint density at radius 2 is 2.12 bits per heavy atom. The van der Waals surface area contributed by atoms with E-state index in [9.17, 15) is 14.7 Å². The van der Waals surface area contributed by atoms with Crippen molar-refractivity contribution in [2.75, 3.05) is 41.7 Å². The first-order valence-corrected chi connectivity index (χ1v) is 11.2. The van der Waals surface area contributed by atoms with Gasteiger partial charge in [0.05, 0.1) is 29.3 Å². The van der Waals surface area contributed by atoms with Crippen molar-refractivity contribution in [2.24, 2.45) is 5.10 Å². The van der Waals surface area contributed by atoms with E-state index in [1.54, 1.807) is 25.3 Å². The van der Waals surface area contributed by atoms with Gasteiger partial charge in [-0.2, -0.15) is 5.10 Å². The second-order valence-electron chi connectivity index (χ2n) is 8.12. The van der Waals surface area contributed by atoms with Crippen LogP contribution in [0.1, 0.15) is 36.7 Å². The van der Waals surface area contributed by atoms with Gasteiger partial charge in [-0.15, -0.1) is 0 Å². The summed E-state index contributed by atoms with van der Waals surface area (Å²) in [5.74, 6) is -0.998. The second-order valence-corrected chi connectivity index (χ2v) is 8.47. The van der Waals surface area contributed by atoms with Crippen LogP contribution in [-0.4, -0.2) is 66.1 Å². The quantitative estimate of drug-likeness (QED) is 0.210. The lowest BCUT2D eigenvalue weighted by atomic mass is 10.0. The van der Waals surface area contributed by atoms with Crippen LogP contribution in [0.3, 0.4) is 0 Å². The van der Waals surface area contributed by atoms with Crippen molar-refractivity contribution in [1.29, 1.82) is 0 Å². The summed E-state index contributed by atoms with van der Waals surface area (Å²) in [6.07, 6.45) is 2.11. The van der Waals surface area contributed by atoms with Gasteiger partial charge in [0.15, 0.2) is 11.0 Å². The zero-order valence-electron chi connectivity index (χ0n) is 19.8. The largest absolute Gasteiger partial charge is 0.388 e. The summed E-state index contributed by atoms with van der Waals surface area (Å²) < 4.78 is 15.3. The zero-order chi connectivity index (χ0) is 25.2. The molecule has 2 amide bonds. The Morgan fingerprint density at radius 3 is 2.68 bits per heavy atom. The molecule has 2 heterocycles. The van der Waals surface area contributed by atoms with Gasteiger partial charge in [-0.05, 0) is 51.5 Å². The lowest BCUT2D eigenvalue weighted by molar-refractivity contribution is -0.114. The first-order chi connectivity index (χ1) is 16.1. The summed E-state index contributed by atoms with van der Waals surface area (Å²) in [6.45, 7) is 7.49. The van der Waals surface area contributed by atoms with E-state index >= 15 is 4.39 Å². The Morgan fingerprint density at radius 1 is 1.41 bits per heavy atom. The number of likely N-dealkylation sites (N-methyl/N-ethyl adjacent to an activating group) is 1. The number of fused-ring (bicyclic) bond motifs is 1. The van der Waals surface area contributed by atoms with Crippen molar-refractivity contribution in [3.63, 3.8) is 0 Å². The molecule has 1 aliphatic rings. The summed E-state index contributed by atoms with van der Waals surface area (Å²) in [5, 5.41) is 15.3. The predicted molar refractivity (Wildman–Crippen MR) is 131 cm³/mol. The molecule has 182 valence electrons. The molecule has 3 rings (SSSR count). The molecule has 0 fully saturated rings. The summed E-state index contributed by atoms with van der Waals surface area (Å²) in [7, 11) is 1.51. The highest BCUT2D eigenvalue weighted by Gasteiger charge is 2.35. The van der Waals surface area contributed by atoms with E-state index in [0.717, 1.165) is 5.56 Å². The van der Waals surface area contributed by atoms with Crippen molar-refractivity contribution in [3.05, 3.63) is 46.5 Å². The van der Waals surface area contributed by atoms with Gasteiger partial charge in [0.2, 0.25) is 6.41 Å². The van der Waals surface area contributed by atoms with E-state index in [1.165, 1.54) is 27.9 Å². The van der Waals surface area contributed by atoms with Gasteiger partial charge in [-0.25, -0.2) is 9.37 Å². The lowest BCUT2D eigenvalue weighted by Crippen LogP contribution is -2.50. The van der Waals surface area contributed by atoms with Crippen molar-refractivity contribution in [3.8, 4) is 0 Å². The van der Waals surface area contributed by atoms with Gasteiger partial charge in [0.1, 0.15) is 12.4 Å². The minimum absolute atomic E-state index is 0.0316. The van der Waals surface area contributed by atoms with Crippen molar-refractivity contribution in [2.45, 2.75) is 33.7 Å². The number of anilines is 3. The van der Waals surface area contributed by atoms with Crippen LogP contribution in [0, 0.1) is 12.7 Å². The first kappa shape index (κ1) is 25.4. The molecule has 0 saturated heterocycles. The maximum Gasteiger partial charge on any atom is 0.262 e. The third-order valence-corrected chi connectivity index (χ3v) is 5.95. The number of hydrogen-bond donors (Lipinski definition) is 1. The van der Waals surface area contributed by atoms with E-state index < -0.39 is 18.3 Å². The number of pyridine rings is 1. The number of aromatic nitrogens is 1. The molecule has 0 saturated carbocycles. The van der Waals surface area contributed by atoms with Gasteiger partial charge >= 0.3 is 0 Å². The standard InChI is InChI=1S/C23H28ClFN6O3/c1-6-29(13-33)20(11-32)27-28(5)19-10-18-16(9-17(19)25)23(34)31(12-30(18)14(2)3)21-15(4)7-8-26-22(21)24/h7-10,13-14,32H,6,11-12H2,1-5H3/b27-20-. The minimum Gasteiger partial charge on any atom is -0.388 e. The molecule has 0 unspecified atom stereocenters. The highest BCUT2D eigenvalue weighted by molar-refractivity contribution is 6.33. The van der Waals surface area contributed by atoms with Gasteiger partial charge in [-0.1, -0.05) is 11.6 Å². The molecule has 2 aromatic rings. The third-order valence-electron chi connectivity index (χ3n) is 5.67. The molecule has 1 N–H and O–H groups in total. The number of aliphatic hydroxyl groups excluding tert-OH is 1. The number of aryl methyl sites for hydroxylation is 1. The second kappa shape index (κ2) is 10.4. The Kier molecular flexibility index (Phi) is 7.73. The van der Waals surface area contributed by atoms with Crippen LogP contribution in [0.2, 0.25) is 5.15 Å². The van der Waals surface area contributed by atoms with Crippen LogP contribution in [0.15, 0.2) is 29.5 Å². The van der Waals surface area contributed by atoms with E-state index in [0.29, 0.717) is 24.3 Å². The molecule has 34 heavy (non-hydrogen) atoms. The topological polar surface area (TPSA) is 92.6 Å². The van der Waals surface area contributed by atoms with Crippen LogP contribution in [0.25, 0.3) is 0 Å². The van der Waals surface area contributed by atoms with Gasteiger partial charge in [-0.3, -0.25) is 24.4 Å². The molecule has 1 aromatic carbocycles. The number of amides is 2.